The van der Waals surface area contributed by atoms with Crippen LogP contribution in [0.1, 0.15) is 23.7 Å². The summed E-state index contributed by atoms with van der Waals surface area (Å²) in [6.45, 7) is 1.56. The maximum absolute atomic E-state index is 11.5. The van der Waals surface area contributed by atoms with Crippen LogP contribution >= 0.6 is 0 Å². The van der Waals surface area contributed by atoms with Gasteiger partial charge in [-0.2, -0.15) is 0 Å². The highest BCUT2D eigenvalue weighted by Gasteiger charge is 2.10. The van der Waals surface area contributed by atoms with Gasteiger partial charge in [-0.05, 0) is 12.1 Å². The van der Waals surface area contributed by atoms with Gasteiger partial charge in [0.15, 0.2) is 12.4 Å². The van der Waals surface area contributed by atoms with E-state index in [1.165, 1.54) is 0 Å². The summed E-state index contributed by atoms with van der Waals surface area (Å²) >= 11 is 0. The molecule has 0 aliphatic carbocycles. The zero-order valence-electron chi connectivity index (χ0n) is 8.53. The third-order valence-corrected chi connectivity index (χ3v) is 1.88. The summed E-state index contributed by atoms with van der Waals surface area (Å²) in [6, 6.07) is 6.80. The van der Waals surface area contributed by atoms with Crippen LogP contribution in [0, 0.1) is 0 Å². The molecule has 0 saturated carbocycles. The van der Waals surface area contributed by atoms with E-state index in [9.17, 15) is 9.59 Å². The van der Waals surface area contributed by atoms with E-state index in [1.54, 1.807) is 31.2 Å². The molecule has 2 N–H and O–H groups in total. The minimum Gasteiger partial charge on any atom is -0.483 e. The van der Waals surface area contributed by atoms with Gasteiger partial charge in [0.05, 0.1) is 5.56 Å². The van der Waals surface area contributed by atoms with Crippen molar-refractivity contribution in [2.45, 2.75) is 13.3 Å². The second-order valence-electron chi connectivity index (χ2n) is 3.03. The molecule has 1 amide bonds. The molecule has 0 fully saturated rings. The molecule has 1 aromatic rings. The van der Waals surface area contributed by atoms with E-state index in [2.05, 4.69) is 0 Å². The third-order valence-electron chi connectivity index (χ3n) is 1.88. The Labute approximate surface area is 88.0 Å². The summed E-state index contributed by atoms with van der Waals surface area (Å²) in [5.74, 6) is -0.174. The first-order valence-electron chi connectivity index (χ1n) is 4.68. The van der Waals surface area contributed by atoms with Gasteiger partial charge in [0.1, 0.15) is 5.75 Å². The van der Waals surface area contributed by atoms with E-state index in [-0.39, 0.29) is 12.4 Å². The van der Waals surface area contributed by atoms with E-state index < -0.39 is 5.91 Å². The second-order valence-corrected chi connectivity index (χ2v) is 3.03. The number of ketones is 1. The summed E-state index contributed by atoms with van der Waals surface area (Å²) in [6.07, 6.45) is 0.400. The van der Waals surface area contributed by atoms with Gasteiger partial charge in [0.2, 0.25) is 0 Å². The largest absolute Gasteiger partial charge is 0.483 e. The lowest BCUT2D eigenvalue weighted by Crippen LogP contribution is -2.20. The van der Waals surface area contributed by atoms with Crippen LogP contribution in [0.3, 0.4) is 0 Å². The first-order valence-corrected chi connectivity index (χ1v) is 4.68. The average molecular weight is 207 g/mol. The van der Waals surface area contributed by atoms with E-state index in [0.29, 0.717) is 17.7 Å². The summed E-state index contributed by atoms with van der Waals surface area (Å²) in [7, 11) is 0. The van der Waals surface area contributed by atoms with Crippen LogP contribution < -0.4 is 10.5 Å². The SMILES string of the molecule is CCC(=O)c1ccccc1OCC(N)=O. The number of carbonyl (C=O) groups excluding carboxylic acids is 2. The fourth-order valence-corrected chi connectivity index (χ4v) is 1.16. The van der Waals surface area contributed by atoms with Crippen LogP contribution in [0.5, 0.6) is 5.75 Å². The van der Waals surface area contributed by atoms with E-state index in [0.717, 1.165) is 0 Å². The lowest BCUT2D eigenvalue weighted by molar-refractivity contribution is -0.119. The molecule has 0 aliphatic heterocycles. The van der Waals surface area contributed by atoms with Gasteiger partial charge < -0.3 is 10.5 Å². The Morgan fingerprint density at radius 3 is 2.60 bits per heavy atom. The van der Waals surface area contributed by atoms with Crippen LogP contribution in [-0.4, -0.2) is 18.3 Å². The zero-order valence-corrected chi connectivity index (χ0v) is 8.53. The molecule has 0 unspecified atom stereocenters. The molecule has 4 heteroatoms. The third kappa shape index (κ3) is 3.09. The van der Waals surface area contributed by atoms with Gasteiger partial charge in [-0.15, -0.1) is 0 Å². The van der Waals surface area contributed by atoms with Crippen molar-refractivity contribution in [3.05, 3.63) is 29.8 Å². The lowest BCUT2D eigenvalue weighted by atomic mass is 10.1. The number of para-hydroxylation sites is 1. The van der Waals surface area contributed by atoms with Crippen molar-refractivity contribution in [2.24, 2.45) is 5.73 Å². The van der Waals surface area contributed by atoms with Crippen molar-refractivity contribution < 1.29 is 14.3 Å². The first kappa shape index (κ1) is 11.2. The molecule has 0 spiro atoms. The minimum absolute atomic E-state index is 0.0185. The van der Waals surface area contributed by atoms with Gasteiger partial charge in [-0.25, -0.2) is 0 Å². The van der Waals surface area contributed by atoms with Crippen LogP contribution in [0.4, 0.5) is 0 Å². The fraction of sp³-hybridized carbons (Fsp3) is 0.273. The van der Waals surface area contributed by atoms with E-state index >= 15 is 0 Å². The summed E-state index contributed by atoms with van der Waals surface area (Å²) in [5.41, 5.74) is 5.44. The number of rotatable bonds is 5. The predicted octanol–water partition coefficient (Wildman–Crippen LogP) is 1.14. The molecule has 0 saturated heterocycles. The van der Waals surface area contributed by atoms with Crippen LogP contribution in [0.25, 0.3) is 0 Å². The van der Waals surface area contributed by atoms with Crippen molar-refractivity contribution in [1.29, 1.82) is 0 Å². The van der Waals surface area contributed by atoms with Crippen molar-refractivity contribution in [3.63, 3.8) is 0 Å². The Balaban J connectivity index is 2.86. The van der Waals surface area contributed by atoms with Gasteiger partial charge in [0, 0.05) is 6.42 Å². The Morgan fingerprint density at radius 2 is 2.00 bits per heavy atom. The minimum atomic E-state index is -0.561. The number of nitrogens with two attached hydrogens (primary N) is 1. The van der Waals surface area contributed by atoms with Crippen molar-refractivity contribution >= 4 is 11.7 Å². The number of carbonyl (C=O) groups is 2. The number of hydrogen-bond acceptors (Lipinski definition) is 3. The molecular weight excluding hydrogens is 194 g/mol. The number of amides is 1. The highest BCUT2D eigenvalue weighted by atomic mass is 16.5. The average Bonchev–Trinajstić information content (AvgIpc) is 2.25. The summed E-state index contributed by atoms with van der Waals surface area (Å²) in [5, 5.41) is 0. The second kappa shape index (κ2) is 5.14. The molecule has 0 aromatic heterocycles. The number of hydrogen-bond donors (Lipinski definition) is 1. The molecule has 1 aromatic carbocycles. The molecule has 4 nitrogen and oxygen atoms in total. The van der Waals surface area contributed by atoms with Gasteiger partial charge in [-0.3, -0.25) is 9.59 Å². The quantitative estimate of drug-likeness (QED) is 0.736. The molecule has 80 valence electrons. The Morgan fingerprint density at radius 1 is 1.33 bits per heavy atom. The smallest absolute Gasteiger partial charge is 0.255 e. The highest BCUT2D eigenvalue weighted by Crippen LogP contribution is 2.19. The van der Waals surface area contributed by atoms with Gasteiger partial charge in [0.25, 0.3) is 5.91 Å². The maximum Gasteiger partial charge on any atom is 0.255 e. The van der Waals surface area contributed by atoms with Crippen LogP contribution in [0.15, 0.2) is 24.3 Å². The molecule has 0 radical (unpaired) electrons. The zero-order chi connectivity index (χ0) is 11.3. The number of benzene rings is 1. The molecule has 0 atom stereocenters. The van der Waals surface area contributed by atoms with Crippen LogP contribution in [-0.2, 0) is 4.79 Å². The Hall–Kier alpha value is -1.84. The fourth-order valence-electron chi connectivity index (χ4n) is 1.16. The summed E-state index contributed by atoms with van der Waals surface area (Å²) < 4.78 is 5.13. The predicted molar refractivity (Wildman–Crippen MR) is 55.8 cm³/mol. The maximum atomic E-state index is 11.5. The summed E-state index contributed by atoms with van der Waals surface area (Å²) in [4.78, 5) is 22.0. The van der Waals surface area contributed by atoms with Gasteiger partial charge in [-0.1, -0.05) is 19.1 Å². The highest BCUT2D eigenvalue weighted by molar-refractivity contribution is 5.98. The topological polar surface area (TPSA) is 69.4 Å². The first-order chi connectivity index (χ1) is 7.15. The van der Waals surface area contributed by atoms with Crippen molar-refractivity contribution in [1.82, 2.24) is 0 Å². The molecule has 0 aliphatic rings. The number of primary amides is 1. The van der Waals surface area contributed by atoms with Crippen LogP contribution in [0.2, 0.25) is 0 Å². The molecule has 0 heterocycles. The number of Topliss-reactive ketones (excluding diaryl/α,β-unsaturated/α-hetero) is 1. The standard InChI is InChI=1S/C11H13NO3/c1-2-9(13)8-5-3-4-6-10(8)15-7-11(12)14/h3-6H,2,7H2,1H3,(H2,12,14). The normalized spacial score (nSPS) is 9.67. The lowest BCUT2D eigenvalue weighted by Gasteiger charge is -2.08. The van der Waals surface area contributed by atoms with E-state index in [4.69, 9.17) is 10.5 Å². The molecule has 0 bridgehead atoms. The molecule has 15 heavy (non-hydrogen) atoms. The van der Waals surface area contributed by atoms with E-state index in [1.807, 2.05) is 0 Å². The van der Waals surface area contributed by atoms with Gasteiger partial charge >= 0.3 is 0 Å². The molecular formula is C11H13NO3. The van der Waals surface area contributed by atoms with Crippen molar-refractivity contribution in [3.8, 4) is 5.75 Å². The number of ether oxygens (including phenoxy) is 1. The molecule has 1 rings (SSSR count). The Kier molecular flexibility index (Phi) is 3.85. The Bertz CT molecular complexity index is 374. The monoisotopic (exact) mass is 207 g/mol. The van der Waals surface area contributed by atoms with Crippen molar-refractivity contribution in [2.75, 3.05) is 6.61 Å².